The third-order valence-electron chi connectivity index (χ3n) is 5.35. The Kier molecular flexibility index (Phi) is 8.31. The Hall–Kier alpha value is -1.80. The topological polar surface area (TPSA) is 84.2 Å². The van der Waals surface area contributed by atoms with Crippen molar-refractivity contribution in [1.29, 1.82) is 0 Å². The summed E-state index contributed by atoms with van der Waals surface area (Å²) in [5.74, 6) is -0.819. The van der Waals surface area contributed by atoms with Gasteiger partial charge in [-0.05, 0) is 62.4 Å². The van der Waals surface area contributed by atoms with Crippen molar-refractivity contribution in [2.24, 2.45) is 17.6 Å². The number of primary amides is 1. The van der Waals surface area contributed by atoms with Gasteiger partial charge in [0.05, 0.1) is 5.56 Å². The smallest absolute Gasteiger partial charge is 0.367 e. The van der Waals surface area contributed by atoms with Gasteiger partial charge in [-0.1, -0.05) is 19.1 Å². The number of carbonyl (C=O) groups is 2. The molecule has 1 aromatic carbocycles. The monoisotopic (exact) mass is 421 g/mol. The number of piperidine rings is 1. The van der Waals surface area contributed by atoms with Crippen LogP contribution in [-0.4, -0.2) is 24.9 Å². The summed E-state index contributed by atoms with van der Waals surface area (Å²) in [6.45, 7) is 5.11. The zero-order valence-electron chi connectivity index (χ0n) is 15.9. The minimum Gasteiger partial charge on any atom is -0.367 e. The second-order valence-electron chi connectivity index (χ2n) is 7.38. The van der Waals surface area contributed by atoms with Crippen LogP contribution in [-0.2, 0) is 21.3 Å². The summed E-state index contributed by atoms with van der Waals surface area (Å²) in [4.78, 5) is 24.5. The van der Waals surface area contributed by atoms with E-state index in [0.717, 1.165) is 38.1 Å². The third kappa shape index (κ3) is 5.85. The highest BCUT2D eigenvalue weighted by Gasteiger charge is 2.38. The summed E-state index contributed by atoms with van der Waals surface area (Å²) in [7, 11) is 0. The number of rotatable bonds is 6. The predicted molar refractivity (Wildman–Crippen MR) is 103 cm³/mol. The molecule has 28 heavy (non-hydrogen) atoms. The standard InChI is InChI=1S/C19H26F3N3O2.ClH/c1-12(13-6-8-24-9-7-13)10-16(26)25-18(2,17(23)27)14-4-3-5-15(11-14)19(20,21)22;/h3-5,11-13,24H,6-10H2,1-2H3,(H2,23,27)(H,25,26);1H. The molecule has 1 heterocycles. The second-order valence-corrected chi connectivity index (χ2v) is 7.38. The third-order valence-corrected chi connectivity index (χ3v) is 5.35. The van der Waals surface area contributed by atoms with E-state index in [2.05, 4.69) is 10.6 Å². The second kappa shape index (κ2) is 9.60. The van der Waals surface area contributed by atoms with Gasteiger partial charge >= 0.3 is 6.18 Å². The number of amides is 2. The zero-order chi connectivity index (χ0) is 20.2. The number of hydrogen-bond donors (Lipinski definition) is 3. The lowest BCUT2D eigenvalue weighted by Gasteiger charge is -2.31. The highest BCUT2D eigenvalue weighted by molar-refractivity contribution is 5.91. The van der Waals surface area contributed by atoms with Crippen molar-refractivity contribution < 1.29 is 22.8 Å². The summed E-state index contributed by atoms with van der Waals surface area (Å²) in [6, 6.07) is 4.31. The molecule has 158 valence electrons. The van der Waals surface area contributed by atoms with E-state index in [9.17, 15) is 22.8 Å². The molecule has 5 nitrogen and oxygen atoms in total. The molecular formula is C19H27ClF3N3O2. The zero-order valence-corrected chi connectivity index (χ0v) is 16.8. The molecule has 2 unspecified atom stereocenters. The first-order valence-corrected chi connectivity index (χ1v) is 9.03. The summed E-state index contributed by atoms with van der Waals surface area (Å²) < 4.78 is 39.0. The van der Waals surface area contributed by atoms with Crippen LogP contribution in [0.25, 0.3) is 0 Å². The van der Waals surface area contributed by atoms with Gasteiger partial charge in [-0.2, -0.15) is 13.2 Å². The summed E-state index contributed by atoms with van der Waals surface area (Å²) in [6.07, 6.45) is -2.43. The van der Waals surface area contributed by atoms with E-state index in [-0.39, 0.29) is 30.3 Å². The van der Waals surface area contributed by atoms with Crippen molar-refractivity contribution >= 4 is 24.2 Å². The molecular weight excluding hydrogens is 395 g/mol. The number of alkyl halides is 3. The largest absolute Gasteiger partial charge is 0.416 e. The maximum atomic E-state index is 13.0. The van der Waals surface area contributed by atoms with Crippen molar-refractivity contribution in [2.75, 3.05) is 13.1 Å². The number of hydrogen-bond acceptors (Lipinski definition) is 3. The van der Waals surface area contributed by atoms with Crippen molar-refractivity contribution in [3.8, 4) is 0 Å². The van der Waals surface area contributed by atoms with E-state index in [1.807, 2.05) is 6.92 Å². The summed E-state index contributed by atoms with van der Waals surface area (Å²) in [5.41, 5.74) is 2.83. The van der Waals surface area contributed by atoms with E-state index in [0.29, 0.717) is 5.92 Å². The lowest BCUT2D eigenvalue weighted by atomic mass is 9.83. The van der Waals surface area contributed by atoms with Crippen LogP contribution in [0.5, 0.6) is 0 Å². The Morgan fingerprint density at radius 3 is 2.36 bits per heavy atom. The SMILES string of the molecule is CC(CC(=O)NC(C)(C(N)=O)c1cccc(C(F)(F)F)c1)C1CCNCC1.Cl. The number of carbonyl (C=O) groups excluding carboxylic acids is 2. The highest BCUT2D eigenvalue weighted by atomic mass is 35.5. The maximum Gasteiger partial charge on any atom is 0.416 e. The first-order chi connectivity index (χ1) is 12.5. The Morgan fingerprint density at radius 1 is 1.25 bits per heavy atom. The van der Waals surface area contributed by atoms with Gasteiger partial charge in [-0.3, -0.25) is 9.59 Å². The minimum absolute atomic E-state index is 0. The molecule has 0 saturated carbocycles. The molecule has 1 aliphatic rings. The van der Waals surface area contributed by atoms with Gasteiger partial charge in [0.2, 0.25) is 11.8 Å². The average Bonchev–Trinajstić information content (AvgIpc) is 2.61. The number of nitrogens with one attached hydrogen (secondary N) is 2. The van der Waals surface area contributed by atoms with E-state index >= 15 is 0 Å². The molecule has 0 bridgehead atoms. The molecule has 9 heteroatoms. The molecule has 0 spiro atoms. The fourth-order valence-corrected chi connectivity index (χ4v) is 3.48. The fourth-order valence-electron chi connectivity index (χ4n) is 3.48. The van der Waals surface area contributed by atoms with Crippen molar-refractivity contribution in [3.63, 3.8) is 0 Å². The first kappa shape index (κ1) is 24.2. The lowest BCUT2D eigenvalue weighted by Crippen LogP contribution is -2.53. The Labute approximate surface area is 169 Å². The molecule has 2 atom stereocenters. The fraction of sp³-hybridized carbons (Fsp3) is 0.579. The van der Waals surface area contributed by atoms with Crippen LogP contribution < -0.4 is 16.4 Å². The molecule has 2 rings (SSSR count). The Bertz CT molecular complexity index is 693. The number of nitrogens with two attached hydrogens (primary N) is 1. The van der Waals surface area contributed by atoms with Crippen LogP contribution in [0.2, 0.25) is 0 Å². The Morgan fingerprint density at radius 2 is 1.82 bits per heavy atom. The average molecular weight is 422 g/mol. The predicted octanol–water partition coefficient (Wildman–Crippen LogP) is 2.97. The molecule has 1 saturated heterocycles. The van der Waals surface area contributed by atoms with Crippen LogP contribution in [0.4, 0.5) is 13.2 Å². The highest BCUT2D eigenvalue weighted by Crippen LogP contribution is 2.32. The quantitative estimate of drug-likeness (QED) is 0.660. The summed E-state index contributed by atoms with van der Waals surface area (Å²) >= 11 is 0. The Balaban J connectivity index is 0.00000392. The number of halogens is 4. The van der Waals surface area contributed by atoms with E-state index < -0.39 is 29.1 Å². The normalized spacial score (nSPS) is 18.5. The van der Waals surface area contributed by atoms with Gasteiger partial charge in [0.15, 0.2) is 0 Å². The lowest BCUT2D eigenvalue weighted by molar-refractivity contribution is -0.138. The molecule has 0 aliphatic carbocycles. The van der Waals surface area contributed by atoms with Crippen LogP contribution >= 0.6 is 12.4 Å². The van der Waals surface area contributed by atoms with Gasteiger partial charge in [0, 0.05) is 6.42 Å². The molecule has 0 radical (unpaired) electrons. The molecule has 4 N–H and O–H groups in total. The van der Waals surface area contributed by atoms with Crippen molar-refractivity contribution in [3.05, 3.63) is 35.4 Å². The molecule has 1 aliphatic heterocycles. The molecule has 1 aromatic rings. The van der Waals surface area contributed by atoms with Gasteiger partial charge in [0.1, 0.15) is 5.54 Å². The van der Waals surface area contributed by atoms with Gasteiger partial charge in [-0.15, -0.1) is 12.4 Å². The van der Waals surface area contributed by atoms with Crippen LogP contribution in [0.15, 0.2) is 24.3 Å². The van der Waals surface area contributed by atoms with Gasteiger partial charge in [-0.25, -0.2) is 0 Å². The van der Waals surface area contributed by atoms with Gasteiger partial charge < -0.3 is 16.4 Å². The van der Waals surface area contributed by atoms with Crippen molar-refractivity contribution in [2.45, 2.75) is 44.8 Å². The van der Waals surface area contributed by atoms with Gasteiger partial charge in [0.25, 0.3) is 0 Å². The van der Waals surface area contributed by atoms with Crippen molar-refractivity contribution in [1.82, 2.24) is 10.6 Å². The van der Waals surface area contributed by atoms with Crippen LogP contribution in [0.3, 0.4) is 0 Å². The molecule has 2 amide bonds. The molecule has 1 fully saturated rings. The maximum absolute atomic E-state index is 13.0. The first-order valence-electron chi connectivity index (χ1n) is 9.03. The number of benzene rings is 1. The van der Waals surface area contributed by atoms with E-state index in [4.69, 9.17) is 5.73 Å². The van der Waals surface area contributed by atoms with Crippen LogP contribution in [0, 0.1) is 11.8 Å². The van der Waals surface area contributed by atoms with E-state index in [1.54, 1.807) is 0 Å². The molecule has 0 aromatic heterocycles. The van der Waals surface area contributed by atoms with Crippen LogP contribution in [0.1, 0.15) is 44.2 Å². The summed E-state index contributed by atoms with van der Waals surface area (Å²) in [5, 5.41) is 5.82. The minimum atomic E-state index is -4.55. The van der Waals surface area contributed by atoms with E-state index in [1.165, 1.54) is 19.1 Å².